The maximum absolute atomic E-state index is 11.3. The Bertz CT molecular complexity index is 1140. The lowest BCUT2D eigenvalue weighted by molar-refractivity contribution is -0.142. The van der Waals surface area contributed by atoms with E-state index in [-0.39, 0.29) is 6.61 Å². The van der Waals surface area contributed by atoms with Gasteiger partial charge >= 0.3 is 5.97 Å². The number of hydrogen-bond donors (Lipinski definition) is 0. The van der Waals surface area contributed by atoms with Crippen LogP contribution in [0.15, 0.2) is 70.5 Å². The highest BCUT2D eigenvalue weighted by Crippen LogP contribution is 2.36. The van der Waals surface area contributed by atoms with E-state index in [0.29, 0.717) is 5.75 Å². The molecule has 1 heterocycles. The van der Waals surface area contributed by atoms with Crippen LogP contribution in [-0.4, -0.2) is 24.7 Å². The van der Waals surface area contributed by atoms with E-state index >= 15 is 0 Å². The summed E-state index contributed by atoms with van der Waals surface area (Å²) >= 11 is 5.21. The first kappa shape index (κ1) is 18.7. The fourth-order valence-corrected chi connectivity index (χ4v) is 4.30. The van der Waals surface area contributed by atoms with Crippen molar-refractivity contribution in [1.29, 1.82) is 0 Å². The summed E-state index contributed by atoms with van der Waals surface area (Å²) in [5.41, 5.74) is 3.13. The molecule has 1 aromatic heterocycles. The van der Waals surface area contributed by atoms with Gasteiger partial charge in [0.05, 0.1) is 17.3 Å². The van der Waals surface area contributed by atoms with Gasteiger partial charge in [-0.3, -0.25) is 0 Å². The Hall–Kier alpha value is -2.70. The molecule has 0 bridgehead atoms. The summed E-state index contributed by atoms with van der Waals surface area (Å²) in [6, 6.07) is 20.2. The Morgan fingerprint density at radius 3 is 2.68 bits per heavy atom. The molecular weight excluding hydrogens is 438 g/mol. The molecule has 0 unspecified atom stereocenters. The van der Waals surface area contributed by atoms with Gasteiger partial charge in [-0.15, -0.1) is 11.3 Å². The average molecular weight is 454 g/mol. The molecule has 0 fully saturated rings. The van der Waals surface area contributed by atoms with Crippen molar-refractivity contribution in [1.82, 2.24) is 4.98 Å². The van der Waals surface area contributed by atoms with Crippen LogP contribution in [0, 0.1) is 0 Å². The van der Waals surface area contributed by atoms with Crippen LogP contribution in [0.3, 0.4) is 0 Å². The Morgan fingerprint density at radius 2 is 1.89 bits per heavy atom. The molecule has 0 aliphatic rings. The molecule has 0 spiro atoms. The number of aromatic nitrogens is 1. The van der Waals surface area contributed by atoms with Gasteiger partial charge in [-0.2, -0.15) is 0 Å². The Morgan fingerprint density at radius 1 is 1.07 bits per heavy atom. The molecule has 0 aliphatic carbocycles. The highest BCUT2D eigenvalue weighted by molar-refractivity contribution is 9.10. The lowest BCUT2D eigenvalue weighted by Gasteiger charge is -2.10. The second-order valence-electron chi connectivity index (χ2n) is 6.08. The minimum atomic E-state index is -0.417. The largest absolute Gasteiger partial charge is 0.481 e. The lowest BCUT2D eigenvalue weighted by Crippen LogP contribution is -2.12. The van der Waals surface area contributed by atoms with Gasteiger partial charge in [0.1, 0.15) is 10.8 Å². The van der Waals surface area contributed by atoms with E-state index in [0.717, 1.165) is 37.1 Å². The van der Waals surface area contributed by atoms with Crippen molar-refractivity contribution in [2.45, 2.75) is 0 Å². The standard InChI is InChI=1S/C22H16BrNO3S/c1-26-20(25)12-27-19-10-8-15-11-16(7-9-17(15)21(19)23)18-13-28-22(24-18)14-5-3-2-4-6-14/h2-11,13H,12H2,1H3. The van der Waals surface area contributed by atoms with Gasteiger partial charge in [0.2, 0.25) is 0 Å². The van der Waals surface area contributed by atoms with Crippen molar-refractivity contribution in [3.05, 3.63) is 70.5 Å². The molecule has 0 radical (unpaired) electrons. The van der Waals surface area contributed by atoms with Gasteiger partial charge in [0, 0.05) is 16.5 Å². The molecular formula is C22H16BrNO3S. The number of rotatable bonds is 5. The number of carbonyl (C=O) groups is 1. The zero-order chi connectivity index (χ0) is 19.5. The first-order valence-electron chi connectivity index (χ1n) is 8.59. The number of methoxy groups -OCH3 is 1. The van der Waals surface area contributed by atoms with Gasteiger partial charge in [-0.05, 0) is 38.8 Å². The topological polar surface area (TPSA) is 48.4 Å². The lowest BCUT2D eigenvalue weighted by atomic mass is 10.1. The van der Waals surface area contributed by atoms with Gasteiger partial charge in [-0.25, -0.2) is 9.78 Å². The van der Waals surface area contributed by atoms with E-state index in [4.69, 9.17) is 9.72 Å². The Balaban J connectivity index is 1.64. The second kappa shape index (κ2) is 8.12. The first-order chi connectivity index (χ1) is 13.7. The minimum Gasteiger partial charge on any atom is -0.481 e. The van der Waals surface area contributed by atoms with Crippen LogP contribution in [0.4, 0.5) is 0 Å². The van der Waals surface area contributed by atoms with Gasteiger partial charge in [0.25, 0.3) is 0 Å². The molecule has 4 aromatic rings. The van der Waals surface area contributed by atoms with E-state index in [9.17, 15) is 4.79 Å². The third kappa shape index (κ3) is 3.79. The molecule has 0 aliphatic heterocycles. The third-order valence-electron chi connectivity index (χ3n) is 4.31. The quantitative estimate of drug-likeness (QED) is 0.350. The van der Waals surface area contributed by atoms with Crippen LogP contribution in [0.1, 0.15) is 0 Å². The summed E-state index contributed by atoms with van der Waals surface area (Å²) in [6.07, 6.45) is 0. The molecule has 4 nitrogen and oxygen atoms in total. The summed E-state index contributed by atoms with van der Waals surface area (Å²) in [7, 11) is 1.34. The Labute approximate surface area is 174 Å². The molecule has 4 rings (SSSR count). The van der Waals surface area contributed by atoms with Crippen LogP contribution >= 0.6 is 27.3 Å². The van der Waals surface area contributed by atoms with Crippen LogP contribution in [0.2, 0.25) is 0 Å². The fourth-order valence-electron chi connectivity index (χ4n) is 2.86. The predicted octanol–water partition coefficient (Wildman–Crippen LogP) is 5.94. The molecule has 3 aromatic carbocycles. The van der Waals surface area contributed by atoms with Crippen LogP contribution in [0.5, 0.6) is 5.75 Å². The van der Waals surface area contributed by atoms with E-state index in [1.165, 1.54) is 7.11 Å². The maximum atomic E-state index is 11.3. The van der Waals surface area contributed by atoms with Crippen molar-refractivity contribution in [3.8, 4) is 27.6 Å². The van der Waals surface area contributed by atoms with Crippen LogP contribution in [0.25, 0.3) is 32.6 Å². The SMILES string of the molecule is COC(=O)COc1ccc2cc(-c3csc(-c4ccccc4)n3)ccc2c1Br. The van der Waals surface area contributed by atoms with Crippen molar-refractivity contribution in [2.24, 2.45) is 0 Å². The van der Waals surface area contributed by atoms with E-state index in [1.54, 1.807) is 11.3 Å². The second-order valence-corrected chi connectivity index (χ2v) is 7.73. The predicted molar refractivity (Wildman–Crippen MR) is 116 cm³/mol. The normalized spacial score (nSPS) is 10.8. The molecule has 0 saturated carbocycles. The summed E-state index contributed by atoms with van der Waals surface area (Å²) in [5.74, 6) is 0.186. The highest BCUT2D eigenvalue weighted by atomic mass is 79.9. The zero-order valence-electron chi connectivity index (χ0n) is 15.0. The smallest absolute Gasteiger partial charge is 0.343 e. The third-order valence-corrected chi connectivity index (χ3v) is 6.02. The number of benzene rings is 3. The maximum Gasteiger partial charge on any atom is 0.343 e. The number of esters is 1. The molecule has 140 valence electrons. The summed E-state index contributed by atoms with van der Waals surface area (Å²) < 4.78 is 11.0. The average Bonchev–Trinajstić information content (AvgIpc) is 3.24. The molecule has 0 amide bonds. The molecule has 0 saturated heterocycles. The number of ether oxygens (including phenoxy) is 2. The van der Waals surface area contributed by atoms with Crippen LogP contribution < -0.4 is 4.74 Å². The molecule has 28 heavy (non-hydrogen) atoms. The number of fused-ring (bicyclic) bond motifs is 1. The number of nitrogens with zero attached hydrogens (tertiary/aromatic N) is 1. The zero-order valence-corrected chi connectivity index (χ0v) is 17.4. The van der Waals surface area contributed by atoms with Crippen LogP contribution in [-0.2, 0) is 9.53 Å². The van der Waals surface area contributed by atoms with E-state index in [2.05, 4.69) is 44.2 Å². The van der Waals surface area contributed by atoms with Crippen molar-refractivity contribution >= 4 is 44.0 Å². The number of hydrogen-bond acceptors (Lipinski definition) is 5. The van der Waals surface area contributed by atoms with Crippen molar-refractivity contribution < 1.29 is 14.3 Å². The summed E-state index contributed by atoms with van der Waals surface area (Å²) in [4.78, 5) is 16.1. The summed E-state index contributed by atoms with van der Waals surface area (Å²) in [6.45, 7) is -0.125. The number of halogens is 1. The molecule has 6 heteroatoms. The van der Waals surface area contributed by atoms with Crippen molar-refractivity contribution in [3.63, 3.8) is 0 Å². The molecule has 0 atom stereocenters. The molecule has 0 N–H and O–H groups in total. The van der Waals surface area contributed by atoms with Gasteiger partial charge in [-0.1, -0.05) is 48.5 Å². The van der Waals surface area contributed by atoms with Gasteiger partial charge < -0.3 is 9.47 Å². The number of carbonyl (C=O) groups excluding carboxylic acids is 1. The highest BCUT2D eigenvalue weighted by Gasteiger charge is 2.11. The monoisotopic (exact) mass is 453 g/mol. The van der Waals surface area contributed by atoms with Gasteiger partial charge in [0.15, 0.2) is 6.61 Å². The first-order valence-corrected chi connectivity index (χ1v) is 10.3. The number of thiazole rings is 1. The van der Waals surface area contributed by atoms with E-state index in [1.807, 2.05) is 42.5 Å². The minimum absolute atomic E-state index is 0.125. The Kier molecular flexibility index (Phi) is 5.41. The fraction of sp³-hybridized carbons (Fsp3) is 0.0909. The van der Waals surface area contributed by atoms with E-state index < -0.39 is 5.97 Å². The van der Waals surface area contributed by atoms with Crippen molar-refractivity contribution in [2.75, 3.05) is 13.7 Å². The summed E-state index contributed by atoms with van der Waals surface area (Å²) in [5, 5.41) is 5.14.